The van der Waals surface area contributed by atoms with Crippen molar-refractivity contribution in [1.82, 2.24) is 20.5 Å². The summed E-state index contributed by atoms with van der Waals surface area (Å²) < 4.78 is 27.9. The minimum absolute atomic E-state index is 0.0646. The van der Waals surface area contributed by atoms with Crippen LogP contribution in [0, 0.1) is 0 Å². The van der Waals surface area contributed by atoms with Crippen LogP contribution in [-0.4, -0.2) is 30.1 Å². The molecule has 0 aromatic carbocycles. The predicted molar refractivity (Wildman–Crippen MR) is 83.3 cm³/mol. The van der Waals surface area contributed by atoms with E-state index in [0.717, 1.165) is 13.0 Å². The van der Waals surface area contributed by atoms with E-state index in [-0.39, 0.29) is 5.03 Å². The SMILES string of the molecule is CCCNCc1cn[nH]c1S(=O)(=O)Nc1ccncc1Br. The van der Waals surface area contributed by atoms with Crippen LogP contribution in [0.1, 0.15) is 18.9 Å². The number of halogens is 1. The van der Waals surface area contributed by atoms with E-state index in [9.17, 15) is 8.42 Å². The highest BCUT2D eigenvalue weighted by atomic mass is 79.9. The highest BCUT2D eigenvalue weighted by molar-refractivity contribution is 9.10. The van der Waals surface area contributed by atoms with Crippen LogP contribution in [0.15, 0.2) is 34.2 Å². The largest absolute Gasteiger partial charge is 0.313 e. The summed E-state index contributed by atoms with van der Waals surface area (Å²) in [4.78, 5) is 3.89. The van der Waals surface area contributed by atoms with Crippen molar-refractivity contribution in [2.75, 3.05) is 11.3 Å². The molecule has 0 aliphatic heterocycles. The third kappa shape index (κ3) is 4.02. The fourth-order valence-electron chi connectivity index (χ4n) is 1.71. The zero-order chi connectivity index (χ0) is 15.3. The Balaban J connectivity index is 2.20. The summed E-state index contributed by atoms with van der Waals surface area (Å²) in [7, 11) is -3.73. The van der Waals surface area contributed by atoms with Gasteiger partial charge in [-0.3, -0.25) is 14.8 Å². The average Bonchev–Trinajstić information content (AvgIpc) is 2.91. The summed E-state index contributed by atoms with van der Waals surface area (Å²) in [5, 5.41) is 9.58. The van der Waals surface area contributed by atoms with Crippen molar-refractivity contribution in [3.63, 3.8) is 0 Å². The summed E-state index contributed by atoms with van der Waals surface area (Å²) in [5.41, 5.74) is 1.02. The van der Waals surface area contributed by atoms with E-state index in [1.54, 1.807) is 6.07 Å². The van der Waals surface area contributed by atoms with E-state index in [2.05, 4.69) is 41.2 Å². The van der Waals surface area contributed by atoms with Crippen LogP contribution in [0.4, 0.5) is 5.69 Å². The quantitative estimate of drug-likeness (QED) is 0.643. The second-order valence-corrected chi connectivity index (χ2v) is 6.84. The first-order chi connectivity index (χ1) is 10.0. The number of H-pyrrole nitrogens is 1. The smallest absolute Gasteiger partial charge is 0.279 e. The zero-order valence-corrected chi connectivity index (χ0v) is 13.8. The predicted octanol–water partition coefficient (Wildman–Crippen LogP) is 1.87. The van der Waals surface area contributed by atoms with Gasteiger partial charge in [-0.2, -0.15) is 13.5 Å². The Labute approximate surface area is 131 Å². The van der Waals surface area contributed by atoms with Crippen molar-refractivity contribution in [2.45, 2.75) is 24.9 Å². The first-order valence-corrected chi connectivity index (χ1v) is 8.67. The van der Waals surface area contributed by atoms with E-state index in [1.165, 1.54) is 18.6 Å². The van der Waals surface area contributed by atoms with Crippen LogP contribution in [0.3, 0.4) is 0 Å². The van der Waals surface area contributed by atoms with Gasteiger partial charge in [0.2, 0.25) is 0 Å². The molecule has 3 N–H and O–H groups in total. The van der Waals surface area contributed by atoms with E-state index >= 15 is 0 Å². The van der Waals surface area contributed by atoms with Crippen molar-refractivity contribution < 1.29 is 8.42 Å². The zero-order valence-electron chi connectivity index (χ0n) is 11.4. The molecule has 0 aliphatic rings. The second-order valence-electron chi connectivity index (χ2n) is 4.36. The van der Waals surface area contributed by atoms with Crippen molar-refractivity contribution >= 4 is 31.6 Å². The molecule has 21 heavy (non-hydrogen) atoms. The fraction of sp³-hybridized carbons (Fsp3) is 0.333. The summed E-state index contributed by atoms with van der Waals surface area (Å²) in [5.74, 6) is 0. The van der Waals surface area contributed by atoms with Crippen molar-refractivity contribution in [1.29, 1.82) is 0 Å². The summed E-state index contributed by atoms with van der Waals surface area (Å²) in [6.07, 6.45) is 5.52. The maximum atomic E-state index is 12.4. The molecule has 7 nitrogen and oxygen atoms in total. The minimum atomic E-state index is -3.73. The second kappa shape index (κ2) is 7.01. The number of nitrogens with zero attached hydrogens (tertiary/aromatic N) is 2. The van der Waals surface area contributed by atoms with Gasteiger partial charge in [0.1, 0.15) is 0 Å². The van der Waals surface area contributed by atoms with Gasteiger partial charge in [-0.05, 0) is 35.0 Å². The number of hydrogen-bond donors (Lipinski definition) is 3. The normalized spacial score (nSPS) is 11.5. The Hall–Kier alpha value is -1.45. The molecule has 114 valence electrons. The lowest BCUT2D eigenvalue weighted by atomic mass is 10.3. The summed E-state index contributed by atoms with van der Waals surface area (Å²) in [6.45, 7) is 3.30. The lowest BCUT2D eigenvalue weighted by Gasteiger charge is -2.09. The van der Waals surface area contributed by atoms with Gasteiger partial charge >= 0.3 is 0 Å². The third-order valence-electron chi connectivity index (χ3n) is 2.71. The van der Waals surface area contributed by atoms with E-state index < -0.39 is 10.0 Å². The fourth-order valence-corrected chi connectivity index (χ4v) is 3.40. The summed E-state index contributed by atoms with van der Waals surface area (Å²) >= 11 is 3.25. The van der Waals surface area contributed by atoms with E-state index in [4.69, 9.17) is 0 Å². The number of hydrogen-bond acceptors (Lipinski definition) is 5. The van der Waals surface area contributed by atoms with Gasteiger partial charge < -0.3 is 5.32 Å². The van der Waals surface area contributed by atoms with Gasteiger partial charge in [0, 0.05) is 24.5 Å². The lowest BCUT2D eigenvalue weighted by molar-refractivity contribution is 0.593. The number of nitrogens with one attached hydrogen (secondary N) is 3. The maximum absolute atomic E-state index is 12.4. The molecule has 2 aromatic rings. The van der Waals surface area contributed by atoms with Gasteiger partial charge in [0.05, 0.1) is 16.4 Å². The Bertz CT molecular complexity index is 701. The highest BCUT2D eigenvalue weighted by Gasteiger charge is 2.21. The minimum Gasteiger partial charge on any atom is -0.313 e. The van der Waals surface area contributed by atoms with Crippen molar-refractivity contribution in [3.8, 4) is 0 Å². The molecule has 0 saturated heterocycles. The molecule has 0 amide bonds. The molecule has 0 atom stereocenters. The molecule has 0 saturated carbocycles. The Kier molecular flexibility index (Phi) is 5.32. The number of aromatic nitrogens is 3. The molecule has 0 aliphatic carbocycles. The first-order valence-electron chi connectivity index (χ1n) is 6.40. The molecule has 9 heteroatoms. The number of rotatable bonds is 7. The molecule has 2 rings (SSSR count). The molecule has 0 unspecified atom stereocenters. The van der Waals surface area contributed by atoms with Crippen LogP contribution < -0.4 is 10.0 Å². The van der Waals surface area contributed by atoms with Gasteiger partial charge in [-0.15, -0.1) is 0 Å². The van der Waals surface area contributed by atoms with Crippen LogP contribution in [0.25, 0.3) is 0 Å². The van der Waals surface area contributed by atoms with Crippen LogP contribution in [0.5, 0.6) is 0 Å². The average molecular weight is 374 g/mol. The highest BCUT2D eigenvalue weighted by Crippen LogP contribution is 2.23. The molecule has 0 radical (unpaired) electrons. The number of anilines is 1. The van der Waals surface area contributed by atoms with Gasteiger partial charge in [-0.1, -0.05) is 6.92 Å². The standard InChI is InChI=1S/C12H16BrN5O2S/c1-2-4-14-6-9-7-16-17-12(9)21(19,20)18-11-3-5-15-8-10(11)13/h3,5,7-8,14H,2,4,6H2,1H3,(H,15,18)(H,16,17). The molecule has 2 aromatic heterocycles. The van der Waals surface area contributed by atoms with Crippen LogP contribution in [0.2, 0.25) is 0 Å². The lowest BCUT2D eigenvalue weighted by Crippen LogP contribution is -2.19. The first kappa shape index (κ1) is 15.9. The third-order valence-corrected chi connectivity index (χ3v) is 4.72. The molecule has 2 heterocycles. The molecular formula is C12H16BrN5O2S. The molecule has 0 fully saturated rings. The van der Waals surface area contributed by atoms with Gasteiger partial charge in [-0.25, -0.2) is 0 Å². The molecular weight excluding hydrogens is 358 g/mol. The van der Waals surface area contributed by atoms with Gasteiger partial charge in [0.25, 0.3) is 10.0 Å². The number of pyridine rings is 1. The number of sulfonamides is 1. The summed E-state index contributed by atoms with van der Waals surface area (Å²) in [6, 6.07) is 1.58. The Morgan fingerprint density at radius 2 is 2.19 bits per heavy atom. The molecule has 0 bridgehead atoms. The Morgan fingerprint density at radius 3 is 2.90 bits per heavy atom. The number of aromatic amines is 1. The van der Waals surface area contributed by atoms with E-state index in [0.29, 0.717) is 22.3 Å². The van der Waals surface area contributed by atoms with E-state index in [1.807, 2.05) is 6.92 Å². The van der Waals surface area contributed by atoms with Crippen LogP contribution in [-0.2, 0) is 16.6 Å². The molecule has 0 spiro atoms. The monoisotopic (exact) mass is 373 g/mol. The maximum Gasteiger partial charge on any atom is 0.279 e. The topological polar surface area (TPSA) is 99.8 Å². The van der Waals surface area contributed by atoms with Crippen LogP contribution >= 0.6 is 15.9 Å². The van der Waals surface area contributed by atoms with Crippen molar-refractivity contribution in [2.24, 2.45) is 0 Å². The Morgan fingerprint density at radius 1 is 1.38 bits per heavy atom. The van der Waals surface area contributed by atoms with Crippen molar-refractivity contribution in [3.05, 3.63) is 34.7 Å². The van der Waals surface area contributed by atoms with Gasteiger partial charge in [0.15, 0.2) is 5.03 Å².